The summed E-state index contributed by atoms with van der Waals surface area (Å²) < 4.78 is 23.2. The van der Waals surface area contributed by atoms with Crippen LogP contribution < -0.4 is 5.32 Å². The van der Waals surface area contributed by atoms with Crippen LogP contribution in [0.4, 0.5) is 5.69 Å². The average molecular weight is 295 g/mol. The van der Waals surface area contributed by atoms with Crippen LogP contribution in [0.2, 0.25) is 0 Å². The van der Waals surface area contributed by atoms with Gasteiger partial charge in [0.2, 0.25) is 5.91 Å². The molecule has 0 aromatic heterocycles. The van der Waals surface area contributed by atoms with Crippen molar-refractivity contribution in [1.82, 2.24) is 0 Å². The van der Waals surface area contributed by atoms with Crippen molar-refractivity contribution >= 4 is 21.4 Å². The number of anilines is 1. The fraction of sp³-hybridized carbons (Fsp3) is 0.533. The molecule has 1 heterocycles. The van der Waals surface area contributed by atoms with Crippen LogP contribution in [0.15, 0.2) is 12.1 Å². The summed E-state index contributed by atoms with van der Waals surface area (Å²) in [7, 11) is -3.06. The van der Waals surface area contributed by atoms with E-state index in [1.165, 1.54) is 0 Å². The largest absolute Gasteiger partial charge is 0.325 e. The number of aryl methyl sites for hydroxylation is 3. The van der Waals surface area contributed by atoms with Gasteiger partial charge < -0.3 is 5.32 Å². The Hall–Kier alpha value is -1.36. The molecule has 1 saturated heterocycles. The first-order valence-corrected chi connectivity index (χ1v) is 8.70. The smallest absolute Gasteiger partial charge is 0.228 e. The third-order valence-electron chi connectivity index (χ3n) is 3.76. The summed E-state index contributed by atoms with van der Waals surface area (Å²) in [5, 5.41) is 2.91. The lowest BCUT2D eigenvalue weighted by Gasteiger charge is -2.22. The molecule has 1 atom stereocenters. The molecule has 0 bridgehead atoms. The third kappa shape index (κ3) is 3.39. The monoisotopic (exact) mass is 295 g/mol. The number of nitrogens with one attached hydrogen (secondary N) is 1. The van der Waals surface area contributed by atoms with Crippen molar-refractivity contribution in [3.63, 3.8) is 0 Å². The lowest BCUT2D eigenvalue weighted by atomic mass is 10.0. The standard InChI is InChI=1S/C15H21NO3S/c1-10-7-11(2)14(12(3)8-10)16-15(17)13-5-4-6-20(18,19)9-13/h7-8,13H,4-6,9H2,1-3H3,(H,16,17). The van der Waals surface area contributed by atoms with Gasteiger partial charge in [-0.3, -0.25) is 4.79 Å². The van der Waals surface area contributed by atoms with E-state index in [-0.39, 0.29) is 17.4 Å². The van der Waals surface area contributed by atoms with Crippen LogP contribution in [0.1, 0.15) is 29.5 Å². The second-order valence-corrected chi connectivity index (χ2v) is 7.95. The van der Waals surface area contributed by atoms with Crippen molar-refractivity contribution < 1.29 is 13.2 Å². The van der Waals surface area contributed by atoms with Crippen LogP contribution in [0.25, 0.3) is 0 Å². The van der Waals surface area contributed by atoms with Gasteiger partial charge in [0.05, 0.1) is 17.4 Å². The molecule has 0 radical (unpaired) electrons. The van der Waals surface area contributed by atoms with E-state index < -0.39 is 15.8 Å². The summed E-state index contributed by atoms with van der Waals surface area (Å²) in [4.78, 5) is 12.3. The molecular formula is C15H21NO3S. The summed E-state index contributed by atoms with van der Waals surface area (Å²) in [6, 6.07) is 4.03. The predicted octanol–water partition coefficient (Wildman–Crippen LogP) is 2.38. The molecule has 1 aliphatic rings. The van der Waals surface area contributed by atoms with E-state index in [2.05, 4.69) is 5.32 Å². The minimum Gasteiger partial charge on any atom is -0.325 e. The van der Waals surface area contributed by atoms with Gasteiger partial charge in [-0.15, -0.1) is 0 Å². The number of hydrogen-bond donors (Lipinski definition) is 1. The first kappa shape index (κ1) is 15.0. The van der Waals surface area contributed by atoms with Crippen LogP contribution in [0.3, 0.4) is 0 Å². The van der Waals surface area contributed by atoms with Crippen LogP contribution in [0.5, 0.6) is 0 Å². The highest BCUT2D eigenvalue weighted by Crippen LogP contribution is 2.25. The van der Waals surface area contributed by atoms with E-state index in [9.17, 15) is 13.2 Å². The molecule has 0 saturated carbocycles. The molecule has 1 aromatic rings. The molecule has 5 heteroatoms. The molecule has 1 fully saturated rings. The zero-order valence-corrected chi connectivity index (χ0v) is 13.0. The molecular weight excluding hydrogens is 274 g/mol. The van der Waals surface area contributed by atoms with Crippen molar-refractivity contribution in [3.05, 3.63) is 28.8 Å². The summed E-state index contributed by atoms with van der Waals surface area (Å²) in [5.74, 6) is -0.417. The van der Waals surface area contributed by atoms with E-state index in [4.69, 9.17) is 0 Å². The topological polar surface area (TPSA) is 63.2 Å². The van der Waals surface area contributed by atoms with E-state index in [1.54, 1.807) is 0 Å². The number of rotatable bonds is 2. The minimum absolute atomic E-state index is 0.0250. The molecule has 1 aromatic carbocycles. The van der Waals surface area contributed by atoms with Crippen LogP contribution in [-0.2, 0) is 14.6 Å². The molecule has 4 nitrogen and oxygen atoms in total. The molecule has 110 valence electrons. The van der Waals surface area contributed by atoms with Gasteiger partial charge in [-0.2, -0.15) is 0 Å². The van der Waals surface area contributed by atoms with Gasteiger partial charge in [0, 0.05) is 5.69 Å². The van der Waals surface area contributed by atoms with Crippen molar-refractivity contribution in [2.24, 2.45) is 5.92 Å². The van der Waals surface area contributed by atoms with E-state index >= 15 is 0 Å². The van der Waals surface area contributed by atoms with E-state index in [1.807, 2.05) is 32.9 Å². The molecule has 1 aliphatic heterocycles. The molecule has 1 unspecified atom stereocenters. The quantitative estimate of drug-likeness (QED) is 0.911. The molecule has 0 aliphatic carbocycles. The third-order valence-corrected chi connectivity index (χ3v) is 5.58. The maximum Gasteiger partial charge on any atom is 0.228 e. The van der Waals surface area contributed by atoms with Crippen molar-refractivity contribution in [2.75, 3.05) is 16.8 Å². The number of hydrogen-bond acceptors (Lipinski definition) is 3. The van der Waals surface area contributed by atoms with Gasteiger partial charge in [0.15, 0.2) is 9.84 Å². The summed E-state index contributed by atoms with van der Waals surface area (Å²) in [6.07, 6.45) is 1.22. The Morgan fingerprint density at radius 2 is 1.80 bits per heavy atom. The van der Waals surface area contributed by atoms with E-state index in [0.717, 1.165) is 22.4 Å². The zero-order chi connectivity index (χ0) is 14.9. The molecule has 0 spiro atoms. The number of carbonyl (C=O) groups is 1. The number of carbonyl (C=O) groups excluding carboxylic acids is 1. The highest BCUT2D eigenvalue weighted by Gasteiger charge is 2.30. The van der Waals surface area contributed by atoms with Gasteiger partial charge in [-0.25, -0.2) is 8.42 Å². The molecule has 2 rings (SSSR count). The van der Waals surface area contributed by atoms with Crippen molar-refractivity contribution in [3.8, 4) is 0 Å². The van der Waals surface area contributed by atoms with Gasteiger partial charge in [-0.1, -0.05) is 17.7 Å². The van der Waals surface area contributed by atoms with Crippen molar-refractivity contribution in [2.45, 2.75) is 33.6 Å². The maximum atomic E-state index is 12.3. The Morgan fingerprint density at radius 1 is 1.20 bits per heavy atom. The van der Waals surface area contributed by atoms with Gasteiger partial charge >= 0.3 is 0 Å². The van der Waals surface area contributed by atoms with Gasteiger partial charge in [0.1, 0.15) is 0 Å². The fourth-order valence-electron chi connectivity index (χ4n) is 2.83. The molecule has 1 N–H and O–H groups in total. The minimum atomic E-state index is -3.06. The SMILES string of the molecule is Cc1cc(C)c(NC(=O)C2CCCS(=O)(=O)C2)c(C)c1. The lowest BCUT2D eigenvalue weighted by Crippen LogP contribution is -2.34. The van der Waals surface area contributed by atoms with Crippen LogP contribution in [0, 0.1) is 26.7 Å². The fourth-order valence-corrected chi connectivity index (χ4v) is 4.54. The first-order valence-electron chi connectivity index (χ1n) is 6.87. The summed E-state index contributed by atoms with van der Waals surface area (Å²) >= 11 is 0. The Kier molecular flexibility index (Phi) is 4.18. The number of sulfone groups is 1. The van der Waals surface area contributed by atoms with Gasteiger partial charge in [-0.05, 0) is 44.7 Å². The van der Waals surface area contributed by atoms with Crippen LogP contribution >= 0.6 is 0 Å². The molecule has 1 amide bonds. The van der Waals surface area contributed by atoms with E-state index in [0.29, 0.717) is 12.8 Å². The predicted molar refractivity (Wildman–Crippen MR) is 80.7 cm³/mol. The highest BCUT2D eigenvalue weighted by atomic mass is 32.2. The maximum absolute atomic E-state index is 12.3. The Morgan fingerprint density at radius 3 is 2.35 bits per heavy atom. The second-order valence-electron chi connectivity index (χ2n) is 5.72. The second kappa shape index (κ2) is 5.56. The van der Waals surface area contributed by atoms with Crippen molar-refractivity contribution in [1.29, 1.82) is 0 Å². The zero-order valence-electron chi connectivity index (χ0n) is 12.2. The highest BCUT2D eigenvalue weighted by molar-refractivity contribution is 7.91. The lowest BCUT2D eigenvalue weighted by molar-refractivity contribution is -0.119. The molecule has 20 heavy (non-hydrogen) atoms. The first-order chi connectivity index (χ1) is 9.28. The summed E-state index contributed by atoms with van der Waals surface area (Å²) in [6.45, 7) is 5.92. The Bertz CT molecular complexity index is 612. The average Bonchev–Trinajstić information content (AvgIpc) is 2.32. The number of amides is 1. The Labute approximate surface area is 120 Å². The normalized spacial score (nSPS) is 21.4. The van der Waals surface area contributed by atoms with Crippen LogP contribution in [-0.4, -0.2) is 25.8 Å². The summed E-state index contributed by atoms with van der Waals surface area (Å²) in [5.41, 5.74) is 3.98. The number of benzene rings is 1. The van der Waals surface area contributed by atoms with Gasteiger partial charge in [0.25, 0.3) is 0 Å². The Balaban J connectivity index is 2.16.